The zero-order valence-electron chi connectivity index (χ0n) is 13.5. The number of piperidine rings is 1. The van der Waals surface area contributed by atoms with Crippen LogP contribution in [0.2, 0.25) is 0 Å². The van der Waals surface area contributed by atoms with Crippen molar-refractivity contribution in [2.75, 3.05) is 23.7 Å². The molecule has 0 bridgehead atoms. The fraction of sp³-hybridized carbons (Fsp3) is 0.375. The summed E-state index contributed by atoms with van der Waals surface area (Å²) in [7, 11) is 0. The van der Waals surface area contributed by atoms with Crippen LogP contribution in [0.25, 0.3) is 22.0 Å². The highest BCUT2D eigenvalue weighted by Gasteiger charge is 2.23. The van der Waals surface area contributed by atoms with E-state index in [1.165, 1.54) is 30.6 Å². The molecule has 1 saturated heterocycles. The summed E-state index contributed by atoms with van der Waals surface area (Å²) in [4.78, 5) is 16.7. The number of nitrogens with two attached hydrogens (primary N) is 1. The van der Waals surface area contributed by atoms with E-state index in [4.69, 9.17) is 5.73 Å². The Hall–Kier alpha value is -2.48. The topological polar surface area (TPSA) is 96.6 Å². The molecule has 0 spiro atoms. The molecule has 7 nitrogen and oxygen atoms in total. The van der Waals surface area contributed by atoms with Crippen LogP contribution in [0.5, 0.6) is 0 Å². The Morgan fingerprint density at radius 2 is 2.04 bits per heavy atom. The number of anilines is 2. The highest BCUT2D eigenvalue weighted by Crippen LogP contribution is 2.39. The predicted octanol–water partition coefficient (Wildman–Crippen LogP) is 2.87. The van der Waals surface area contributed by atoms with Crippen molar-refractivity contribution in [3.8, 4) is 22.0 Å². The molecule has 0 saturated carbocycles. The van der Waals surface area contributed by atoms with E-state index in [2.05, 4.69) is 30.0 Å². The maximum Gasteiger partial charge on any atom is 0.181 e. The molecule has 24 heavy (non-hydrogen) atoms. The molecule has 4 rings (SSSR count). The van der Waals surface area contributed by atoms with Gasteiger partial charge >= 0.3 is 0 Å². The van der Waals surface area contributed by atoms with Crippen LogP contribution >= 0.6 is 11.3 Å². The van der Waals surface area contributed by atoms with E-state index < -0.39 is 0 Å². The van der Waals surface area contributed by atoms with Crippen LogP contribution < -0.4 is 10.6 Å². The van der Waals surface area contributed by atoms with Gasteiger partial charge in [-0.25, -0.2) is 15.0 Å². The van der Waals surface area contributed by atoms with E-state index in [1.807, 2.05) is 19.2 Å². The molecule has 0 radical (unpaired) electrons. The maximum atomic E-state index is 6.00. The van der Waals surface area contributed by atoms with Gasteiger partial charge in [-0.2, -0.15) is 5.10 Å². The SMILES string of the molecule is Cc1ccnc(-c2sc(N)nc2-c2cn[nH]c2N2CCCCC2)n1. The first-order chi connectivity index (χ1) is 11.7. The fourth-order valence-electron chi connectivity index (χ4n) is 3.04. The molecule has 1 aliphatic rings. The molecule has 3 aromatic heterocycles. The molecule has 1 fully saturated rings. The lowest BCUT2D eigenvalue weighted by atomic mass is 10.1. The summed E-state index contributed by atoms with van der Waals surface area (Å²) < 4.78 is 0. The van der Waals surface area contributed by atoms with Crippen molar-refractivity contribution in [1.29, 1.82) is 0 Å². The van der Waals surface area contributed by atoms with E-state index in [0.29, 0.717) is 11.0 Å². The fourth-order valence-corrected chi connectivity index (χ4v) is 3.83. The first-order valence-electron chi connectivity index (χ1n) is 8.07. The lowest BCUT2D eigenvalue weighted by Crippen LogP contribution is -2.30. The van der Waals surface area contributed by atoms with Gasteiger partial charge < -0.3 is 10.6 Å². The maximum absolute atomic E-state index is 6.00. The van der Waals surface area contributed by atoms with Crippen LogP contribution in [-0.2, 0) is 0 Å². The van der Waals surface area contributed by atoms with Gasteiger partial charge in [0.05, 0.1) is 17.5 Å². The van der Waals surface area contributed by atoms with Gasteiger partial charge in [-0.1, -0.05) is 11.3 Å². The van der Waals surface area contributed by atoms with E-state index >= 15 is 0 Å². The van der Waals surface area contributed by atoms with Crippen molar-refractivity contribution in [3.63, 3.8) is 0 Å². The zero-order valence-corrected chi connectivity index (χ0v) is 14.3. The second kappa shape index (κ2) is 6.20. The molecule has 0 aromatic carbocycles. The Morgan fingerprint density at radius 3 is 2.83 bits per heavy atom. The van der Waals surface area contributed by atoms with Crippen molar-refractivity contribution >= 4 is 22.3 Å². The summed E-state index contributed by atoms with van der Waals surface area (Å²) in [6.45, 7) is 4.02. The summed E-state index contributed by atoms with van der Waals surface area (Å²) in [5.74, 6) is 1.67. The molecule has 4 heterocycles. The molecular formula is C16H19N7S. The standard InChI is InChI=1S/C16H19N7S/c1-10-5-6-18-14(20-10)13-12(21-16(17)24-13)11-9-19-22-15(11)23-7-3-2-4-8-23/h5-6,9H,2-4,7-8H2,1H3,(H2,17,21)(H,19,22). The number of nitrogens with zero attached hydrogens (tertiary/aromatic N) is 5. The van der Waals surface area contributed by atoms with Gasteiger partial charge in [-0.15, -0.1) is 0 Å². The van der Waals surface area contributed by atoms with Crippen LogP contribution in [0.4, 0.5) is 10.9 Å². The quantitative estimate of drug-likeness (QED) is 0.760. The molecule has 0 amide bonds. The summed E-state index contributed by atoms with van der Waals surface area (Å²) in [6, 6.07) is 1.88. The van der Waals surface area contributed by atoms with Gasteiger partial charge in [0.2, 0.25) is 0 Å². The second-order valence-electron chi connectivity index (χ2n) is 5.93. The Balaban J connectivity index is 1.80. The third kappa shape index (κ3) is 2.73. The minimum atomic E-state index is 0.510. The van der Waals surface area contributed by atoms with Gasteiger partial charge in [0, 0.05) is 25.0 Å². The lowest BCUT2D eigenvalue weighted by Gasteiger charge is -2.27. The van der Waals surface area contributed by atoms with Crippen LogP contribution in [0, 0.1) is 6.92 Å². The number of thiazole rings is 1. The monoisotopic (exact) mass is 341 g/mol. The van der Waals surface area contributed by atoms with Crippen molar-refractivity contribution in [1.82, 2.24) is 25.1 Å². The minimum absolute atomic E-state index is 0.510. The molecule has 0 unspecified atom stereocenters. The average Bonchev–Trinajstić information content (AvgIpc) is 3.22. The molecule has 0 atom stereocenters. The van der Waals surface area contributed by atoms with Crippen LogP contribution in [0.1, 0.15) is 25.0 Å². The number of nitrogens with one attached hydrogen (secondary N) is 1. The van der Waals surface area contributed by atoms with Gasteiger partial charge in [0.15, 0.2) is 11.0 Å². The number of H-pyrrole nitrogens is 1. The Morgan fingerprint density at radius 1 is 1.21 bits per heavy atom. The number of hydrogen-bond donors (Lipinski definition) is 2. The van der Waals surface area contributed by atoms with Gasteiger partial charge in [-0.05, 0) is 32.3 Å². The molecular weight excluding hydrogens is 322 g/mol. The highest BCUT2D eigenvalue weighted by molar-refractivity contribution is 7.19. The van der Waals surface area contributed by atoms with E-state index in [-0.39, 0.29) is 0 Å². The molecule has 3 N–H and O–H groups in total. The van der Waals surface area contributed by atoms with E-state index in [1.54, 1.807) is 6.20 Å². The Kier molecular flexibility index (Phi) is 3.89. The normalized spacial score (nSPS) is 15.0. The zero-order chi connectivity index (χ0) is 16.5. The average molecular weight is 341 g/mol. The summed E-state index contributed by atoms with van der Waals surface area (Å²) in [5, 5.41) is 7.89. The third-order valence-corrected chi connectivity index (χ3v) is 5.07. The summed E-state index contributed by atoms with van der Waals surface area (Å²) >= 11 is 1.41. The minimum Gasteiger partial charge on any atom is -0.375 e. The molecule has 1 aliphatic heterocycles. The van der Waals surface area contributed by atoms with Gasteiger partial charge in [0.1, 0.15) is 10.7 Å². The third-order valence-electron chi connectivity index (χ3n) is 4.19. The van der Waals surface area contributed by atoms with Crippen LogP contribution in [0.15, 0.2) is 18.5 Å². The Labute approximate surface area is 144 Å². The van der Waals surface area contributed by atoms with Gasteiger partial charge in [0.25, 0.3) is 0 Å². The molecule has 3 aromatic rings. The lowest BCUT2D eigenvalue weighted by molar-refractivity contribution is 0.573. The van der Waals surface area contributed by atoms with Crippen molar-refractivity contribution in [2.24, 2.45) is 0 Å². The number of aromatic amines is 1. The number of aryl methyl sites for hydroxylation is 1. The first kappa shape index (κ1) is 15.1. The predicted molar refractivity (Wildman–Crippen MR) is 95.9 cm³/mol. The smallest absolute Gasteiger partial charge is 0.181 e. The van der Waals surface area contributed by atoms with Crippen LogP contribution in [-0.4, -0.2) is 38.2 Å². The van der Waals surface area contributed by atoms with Crippen molar-refractivity contribution < 1.29 is 0 Å². The first-order valence-corrected chi connectivity index (χ1v) is 8.89. The van der Waals surface area contributed by atoms with Crippen LogP contribution in [0.3, 0.4) is 0 Å². The molecule has 0 aliphatic carbocycles. The van der Waals surface area contributed by atoms with E-state index in [0.717, 1.165) is 40.7 Å². The van der Waals surface area contributed by atoms with Crippen molar-refractivity contribution in [2.45, 2.75) is 26.2 Å². The van der Waals surface area contributed by atoms with Gasteiger partial charge in [-0.3, -0.25) is 5.10 Å². The number of hydrogen-bond acceptors (Lipinski definition) is 7. The molecule has 8 heteroatoms. The van der Waals surface area contributed by atoms with Crippen molar-refractivity contribution in [3.05, 3.63) is 24.2 Å². The number of nitrogen functional groups attached to an aromatic ring is 1. The summed E-state index contributed by atoms with van der Waals surface area (Å²) in [6.07, 6.45) is 7.26. The highest BCUT2D eigenvalue weighted by atomic mass is 32.1. The molecule has 124 valence electrons. The second-order valence-corrected chi connectivity index (χ2v) is 6.96. The Bertz CT molecular complexity index is 848. The summed E-state index contributed by atoms with van der Waals surface area (Å²) in [5.41, 5.74) is 8.68. The van der Waals surface area contributed by atoms with E-state index in [9.17, 15) is 0 Å². The number of aromatic nitrogens is 5. The number of rotatable bonds is 3. The largest absolute Gasteiger partial charge is 0.375 e.